The van der Waals surface area contributed by atoms with Gasteiger partial charge in [0.05, 0.1) is 0 Å². The van der Waals surface area contributed by atoms with E-state index in [2.05, 4.69) is 72.8 Å². The van der Waals surface area contributed by atoms with E-state index in [1.54, 1.807) is 11.1 Å². The zero-order valence-corrected chi connectivity index (χ0v) is 14.2. The molecule has 1 saturated carbocycles. The van der Waals surface area contributed by atoms with E-state index in [9.17, 15) is 0 Å². The number of rotatable bonds is 1. The molecule has 0 nitrogen and oxygen atoms in total. The van der Waals surface area contributed by atoms with Crippen LogP contribution in [0.15, 0.2) is 72.8 Å². The minimum absolute atomic E-state index is 0.740. The summed E-state index contributed by atoms with van der Waals surface area (Å²) in [6, 6.07) is 25.0. The van der Waals surface area contributed by atoms with Gasteiger partial charge in [-0.15, -0.1) is 0 Å². The van der Waals surface area contributed by atoms with E-state index >= 15 is 0 Å². The number of fused-ring (bicyclic) bond motifs is 7. The summed E-state index contributed by atoms with van der Waals surface area (Å²) in [5.41, 5.74) is 11.9. The lowest BCUT2D eigenvalue weighted by Gasteiger charge is -2.26. The fourth-order valence-corrected chi connectivity index (χ4v) is 5.07. The summed E-state index contributed by atoms with van der Waals surface area (Å²) in [6.45, 7) is 0. The maximum atomic E-state index is 2.46. The molecule has 3 aliphatic rings. The van der Waals surface area contributed by atoms with Crippen molar-refractivity contribution >= 4 is 5.57 Å². The SMILES string of the molecule is C1=C(c2cccc3c2-c2ccccc2C2CC32)c2ccccc2CC1. The van der Waals surface area contributed by atoms with Crippen LogP contribution in [0.25, 0.3) is 16.7 Å². The summed E-state index contributed by atoms with van der Waals surface area (Å²) in [4.78, 5) is 0. The summed E-state index contributed by atoms with van der Waals surface area (Å²) in [5, 5.41) is 0. The third-order valence-electron chi connectivity index (χ3n) is 6.28. The van der Waals surface area contributed by atoms with Gasteiger partial charge in [0.25, 0.3) is 0 Å². The molecule has 0 aromatic heterocycles. The molecule has 0 aliphatic heterocycles. The number of allylic oxidation sites excluding steroid dienone is 1. The van der Waals surface area contributed by atoms with E-state index in [4.69, 9.17) is 0 Å². The van der Waals surface area contributed by atoms with Crippen molar-refractivity contribution in [2.24, 2.45) is 0 Å². The van der Waals surface area contributed by atoms with Crippen molar-refractivity contribution in [1.29, 1.82) is 0 Å². The molecular weight excluding hydrogens is 300 g/mol. The molecule has 3 aromatic rings. The van der Waals surface area contributed by atoms with E-state index < -0.39 is 0 Å². The van der Waals surface area contributed by atoms with Gasteiger partial charge < -0.3 is 0 Å². The molecule has 6 rings (SSSR count). The maximum absolute atomic E-state index is 2.46. The van der Waals surface area contributed by atoms with E-state index in [0.29, 0.717) is 0 Å². The second-order valence-corrected chi connectivity index (χ2v) is 7.62. The van der Waals surface area contributed by atoms with Gasteiger partial charge in [-0.3, -0.25) is 0 Å². The molecule has 3 aliphatic carbocycles. The first kappa shape index (κ1) is 13.7. The topological polar surface area (TPSA) is 0 Å². The lowest BCUT2D eigenvalue weighted by atomic mass is 9.78. The van der Waals surface area contributed by atoms with Gasteiger partial charge in [-0.05, 0) is 75.6 Å². The van der Waals surface area contributed by atoms with Crippen LogP contribution in [0.2, 0.25) is 0 Å². The van der Waals surface area contributed by atoms with Crippen molar-refractivity contribution in [3.63, 3.8) is 0 Å². The molecule has 1 fully saturated rings. The Bertz CT molecular complexity index is 1040. The van der Waals surface area contributed by atoms with Crippen LogP contribution in [-0.4, -0.2) is 0 Å². The molecule has 25 heavy (non-hydrogen) atoms. The average Bonchev–Trinajstić information content (AvgIpc) is 3.49. The fraction of sp³-hybridized carbons (Fsp3) is 0.200. The van der Waals surface area contributed by atoms with Crippen LogP contribution in [0.4, 0.5) is 0 Å². The van der Waals surface area contributed by atoms with Gasteiger partial charge >= 0.3 is 0 Å². The van der Waals surface area contributed by atoms with E-state index in [1.807, 2.05) is 0 Å². The minimum Gasteiger partial charge on any atom is -0.0757 e. The van der Waals surface area contributed by atoms with Crippen LogP contribution in [0.1, 0.15) is 52.5 Å². The Morgan fingerprint density at radius 2 is 1.36 bits per heavy atom. The van der Waals surface area contributed by atoms with Gasteiger partial charge in [-0.1, -0.05) is 72.8 Å². The highest BCUT2D eigenvalue weighted by Crippen LogP contribution is 2.63. The molecule has 0 spiro atoms. The quantitative estimate of drug-likeness (QED) is 0.492. The van der Waals surface area contributed by atoms with E-state index in [0.717, 1.165) is 24.7 Å². The second kappa shape index (κ2) is 4.95. The highest BCUT2D eigenvalue weighted by molar-refractivity contribution is 5.94. The Morgan fingerprint density at radius 1 is 0.640 bits per heavy atom. The van der Waals surface area contributed by atoms with Gasteiger partial charge in [-0.2, -0.15) is 0 Å². The van der Waals surface area contributed by atoms with Gasteiger partial charge in [0.2, 0.25) is 0 Å². The fourth-order valence-electron chi connectivity index (χ4n) is 5.07. The zero-order chi connectivity index (χ0) is 16.4. The summed E-state index contributed by atoms with van der Waals surface area (Å²) in [5.74, 6) is 1.50. The van der Waals surface area contributed by atoms with Crippen LogP contribution in [0.5, 0.6) is 0 Å². The molecule has 0 saturated heterocycles. The molecule has 3 aromatic carbocycles. The monoisotopic (exact) mass is 320 g/mol. The number of benzene rings is 3. The average molecular weight is 320 g/mol. The molecule has 0 amide bonds. The van der Waals surface area contributed by atoms with Crippen molar-refractivity contribution < 1.29 is 0 Å². The number of hydrogen-bond acceptors (Lipinski definition) is 0. The molecular formula is C25H20. The van der Waals surface area contributed by atoms with E-state index in [1.165, 1.54) is 39.8 Å². The van der Waals surface area contributed by atoms with Gasteiger partial charge in [-0.25, -0.2) is 0 Å². The lowest BCUT2D eigenvalue weighted by molar-refractivity contribution is 0.975. The molecule has 120 valence electrons. The van der Waals surface area contributed by atoms with Crippen LogP contribution >= 0.6 is 0 Å². The Labute approximate surface area is 148 Å². The number of hydrogen-bond donors (Lipinski definition) is 0. The normalized spacial score (nSPS) is 22.2. The maximum Gasteiger partial charge on any atom is -0.00673 e. The second-order valence-electron chi connectivity index (χ2n) is 7.62. The van der Waals surface area contributed by atoms with Gasteiger partial charge in [0.15, 0.2) is 0 Å². The van der Waals surface area contributed by atoms with Crippen molar-refractivity contribution in [3.8, 4) is 11.1 Å². The first-order chi connectivity index (χ1) is 12.4. The van der Waals surface area contributed by atoms with Gasteiger partial charge in [0.1, 0.15) is 0 Å². The lowest BCUT2D eigenvalue weighted by Crippen LogP contribution is -2.06. The predicted molar refractivity (Wildman–Crippen MR) is 104 cm³/mol. The van der Waals surface area contributed by atoms with Crippen molar-refractivity contribution in [1.82, 2.24) is 0 Å². The van der Waals surface area contributed by atoms with Crippen molar-refractivity contribution in [3.05, 3.63) is 101 Å². The number of aryl methyl sites for hydroxylation is 1. The molecule has 2 atom stereocenters. The highest BCUT2D eigenvalue weighted by Gasteiger charge is 2.45. The summed E-state index contributed by atoms with van der Waals surface area (Å²) in [7, 11) is 0. The zero-order valence-electron chi connectivity index (χ0n) is 14.2. The highest BCUT2D eigenvalue weighted by atomic mass is 14.5. The Hall–Kier alpha value is -2.60. The molecule has 0 N–H and O–H groups in total. The molecule has 0 heteroatoms. The third kappa shape index (κ3) is 1.88. The Morgan fingerprint density at radius 3 is 2.32 bits per heavy atom. The Kier molecular flexibility index (Phi) is 2.71. The van der Waals surface area contributed by atoms with Crippen LogP contribution in [0, 0.1) is 0 Å². The molecule has 0 heterocycles. The van der Waals surface area contributed by atoms with E-state index in [-0.39, 0.29) is 0 Å². The van der Waals surface area contributed by atoms with Crippen LogP contribution < -0.4 is 0 Å². The first-order valence-corrected chi connectivity index (χ1v) is 9.43. The van der Waals surface area contributed by atoms with Gasteiger partial charge in [0, 0.05) is 0 Å². The third-order valence-corrected chi connectivity index (χ3v) is 6.28. The standard InChI is InChI=1S/C25H20/c1-2-9-17-16(7-1)8-5-12-18(17)21-13-6-14-22-24-15-23(24)19-10-3-4-11-20(19)25(21)22/h1-4,6-7,9-14,23-24H,5,8,15H2. The summed E-state index contributed by atoms with van der Waals surface area (Å²) in [6.07, 6.45) is 6.09. The first-order valence-electron chi connectivity index (χ1n) is 9.43. The minimum atomic E-state index is 0.740. The van der Waals surface area contributed by atoms with Crippen LogP contribution in [0.3, 0.4) is 0 Å². The Balaban J connectivity index is 1.64. The molecule has 0 bridgehead atoms. The van der Waals surface area contributed by atoms with Crippen LogP contribution in [-0.2, 0) is 6.42 Å². The van der Waals surface area contributed by atoms with Crippen molar-refractivity contribution in [2.45, 2.75) is 31.1 Å². The molecule has 0 radical (unpaired) electrons. The smallest absolute Gasteiger partial charge is 0.00673 e. The predicted octanol–water partition coefficient (Wildman–Crippen LogP) is 6.32. The largest absolute Gasteiger partial charge is 0.0757 e. The summed E-state index contributed by atoms with van der Waals surface area (Å²) >= 11 is 0. The summed E-state index contributed by atoms with van der Waals surface area (Å²) < 4.78 is 0. The van der Waals surface area contributed by atoms with Crippen molar-refractivity contribution in [2.75, 3.05) is 0 Å². The molecule has 2 unspecified atom stereocenters.